The van der Waals surface area contributed by atoms with Gasteiger partial charge in [0.15, 0.2) is 6.29 Å². The summed E-state index contributed by atoms with van der Waals surface area (Å²) in [5.41, 5.74) is 3.12. The molecule has 0 aliphatic carbocycles. The fraction of sp³-hybridized carbons (Fsp3) is 0.444. The van der Waals surface area contributed by atoms with Crippen molar-refractivity contribution in [3.8, 4) is 0 Å². The number of piperazine rings is 1. The van der Waals surface area contributed by atoms with E-state index in [4.69, 9.17) is 16.3 Å². The van der Waals surface area contributed by atoms with Crippen molar-refractivity contribution < 1.29 is 19.1 Å². The summed E-state index contributed by atoms with van der Waals surface area (Å²) in [6, 6.07) is 12.7. The molecule has 2 aromatic rings. The maximum atomic E-state index is 11.6. The summed E-state index contributed by atoms with van der Waals surface area (Å²) in [5, 5.41) is 3.11. The number of hydrogen-bond donors (Lipinski definition) is 1. The second kappa shape index (κ2) is 13.3. The monoisotopic (exact) mass is 501 g/mol. The van der Waals surface area contributed by atoms with E-state index in [9.17, 15) is 14.4 Å². The van der Waals surface area contributed by atoms with Gasteiger partial charge in [0.2, 0.25) is 0 Å². The zero-order chi connectivity index (χ0) is 26.0. The Morgan fingerprint density at radius 3 is 2.34 bits per heavy atom. The van der Waals surface area contributed by atoms with Crippen LogP contribution in [-0.2, 0) is 16.0 Å². The van der Waals surface area contributed by atoms with Crippen LogP contribution in [0, 0.1) is 6.92 Å². The molecule has 1 N–H and O–H groups in total. The zero-order valence-electron chi connectivity index (χ0n) is 21.2. The molecule has 1 fully saturated rings. The Balaban J connectivity index is 0.000000256. The van der Waals surface area contributed by atoms with E-state index in [1.165, 1.54) is 0 Å². The second-order valence-electron chi connectivity index (χ2n) is 9.65. The molecule has 0 spiro atoms. The SMILES string of the molecule is CN1CCN(c2ccccc2C=O)CC1.Cc1ccc(CC(C=O)NC(=O)OC(C)(C)C)c(Cl)c1. The quantitative estimate of drug-likeness (QED) is 0.586. The molecule has 0 aromatic heterocycles. The Kier molecular flexibility index (Phi) is 10.7. The normalized spacial score (nSPS) is 14.9. The number of nitrogens with zero attached hydrogens (tertiary/aromatic N) is 2. The van der Waals surface area contributed by atoms with E-state index >= 15 is 0 Å². The fourth-order valence-corrected chi connectivity index (χ4v) is 3.88. The summed E-state index contributed by atoms with van der Waals surface area (Å²) in [5.74, 6) is 0. The molecular weight excluding hydrogens is 466 g/mol. The van der Waals surface area contributed by atoms with Gasteiger partial charge in [-0.15, -0.1) is 0 Å². The van der Waals surface area contributed by atoms with E-state index in [1.54, 1.807) is 20.8 Å². The molecular formula is C27H36ClN3O4. The first kappa shape index (κ1) is 28.3. The van der Waals surface area contributed by atoms with Crippen LogP contribution in [0.15, 0.2) is 42.5 Å². The number of carbonyl (C=O) groups is 3. The van der Waals surface area contributed by atoms with Gasteiger partial charge in [-0.2, -0.15) is 0 Å². The van der Waals surface area contributed by atoms with E-state index in [1.807, 2.05) is 49.4 Å². The van der Waals surface area contributed by atoms with Crippen molar-refractivity contribution in [1.82, 2.24) is 10.2 Å². The predicted octanol–water partition coefficient (Wildman–Crippen LogP) is 4.53. The molecule has 7 nitrogen and oxygen atoms in total. The van der Waals surface area contributed by atoms with Crippen LogP contribution in [0.3, 0.4) is 0 Å². The maximum Gasteiger partial charge on any atom is 0.408 e. The fourth-order valence-electron chi connectivity index (χ4n) is 3.57. The molecule has 0 radical (unpaired) electrons. The van der Waals surface area contributed by atoms with Crippen molar-refractivity contribution >= 4 is 36.0 Å². The summed E-state index contributed by atoms with van der Waals surface area (Å²) in [6.07, 6.45) is 1.34. The number of aryl methyl sites for hydroxylation is 1. The topological polar surface area (TPSA) is 79.0 Å². The number of carbonyl (C=O) groups excluding carboxylic acids is 3. The third-order valence-electron chi connectivity index (χ3n) is 5.42. The number of rotatable bonds is 6. The van der Waals surface area contributed by atoms with Crippen molar-refractivity contribution in [3.05, 3.63) is 64.2 Å². The first-order valence-electron chi connectivity index (χ1n) is 11.7. The lowest BCUT2D eigenvalue weighted by Crippen LogP contribution is -2.44. The highest BCUT2D eigenvalue weighted by Gasteiger charge is 2.20. The zero-order valence-corrected chi connectivity index (χ0v) is 22.0. The third-order valence-corrected chi connectivity index (χ3v) is 5.77. The number of likely N-dealkylation sites (N-methyl/N-ethyl adjacent to an activating group) is 1. The van der Waals surface area contributed by atoms with Crippen LogP contribution in [0.25, 0.3) is 0 Å². The number of alkyl carbamates (subject to hydrolysis) is 1. The number of nitrogens with one attached hydrogen (secondary N) is 1. The molecule has 8 heteroatoms. The molecule has 1 aliphatic heterocycles. The lowest BCUT2D eigenvalue weighted by atomic mass is 10.1. The van der Waals surface area contributed by atoms with Crippen LogP contribution in [0.1, 0.15) is 42.3 Å². The second-order valence-corrected chi connectivity index (χ2v) is 10.1. The number of anilines is 1. The van der Waals surface area contributed by atoms with Crippen LogP contribution < -0.4 is 10.2 Å². The van der Waals surface area contributed by atoms with Gasteiger partial charge in [0.25, 0.3) is 0 Å². The van der Waals surface area contributed by atoms with Gasteiger partial charge in [-0.3, -0.25) is 4.79 Å². The van der Waals surface area contributed by atoms with Crippen molar-refractivity contribution in [3.63, 3.8) is 0 Å². The average molecular weight is 502 g/mol. The van der Waals surface area contributed by atoms with E-state index in [2.05, 4.69) is 22.2 Å². The number of ether oxygens (including phenoxy) is 1. The summed E-state index contributed by atoms with van der Waals surface area (Å²) in [6.45, 7) is 11.4. The summed E-state index contributed by atoms with van der Waals surface area (Å²) >= 11 is 6.11. The van der Waals surface area contributed by atoms with E-state index < -0.39 is 17.7 Å². The van der Waals surface area contributed by atoms with Crippen molar-refractivity contribution in [2.45, 2.75) is 45.8 Å². The Labute approximate surface area is 213 Å². The van der Waals surface area contributed by atoms with Gasteiger partial charge in [-0.25, -0.2) is 4.79 Å². The van der Waals surface area contributed by atoms with Crippen LogP contribution in [0.5, 0.6) is 0 Å². The molecule has 35 heavy (non-hydrogen) atoms. The Morgan fingerprint density at radius 2 is 1.77 bits per heavy atom. The lowest BCUT2D eigenvalue weighted by molar-refractivity contribution is -0.109. The van der Waals surface area contributed by atoms with Crippen LogP contribution in [0.4, 0.5) is 10.5 Å². The first-order chi connectivity index (χ1) is 16.5. The predicted molar refractivity (Wildman–Crippen MR) is 141 cm³/mol. The van der Waals surface area contributed by atoms with Crippen LogP contribution >= 0.6 is 11.6 Å². The number of halogens is 1. The molecule has 1 heterocycles. The molecule has 1 amide bonds. The largest absolute Gasteiger partial charge is 0.444 e. The number of amides is 1. The molecule has 1 aliphatic rings. The Hall–Kier alpha value is -2.90. The maximum absolute atomic E-state index is 11.6. The number of hydrogen-bond acceptors (Lipinski definition) is 6. The van der Waals surface area contributed by atoms with Crippen molar-refractivity contribution in [2.75, 3.05) is 38.1 Å². The lowest BCUT2D eigenvalue weighted by Gasteiger charge is -2.34. The standard InChI is InChI=1S/C15H20ClNO3.C12H16N2O/c1-10-5-6-11(13(16)7-10)8-12(9-18)17-14(19)20-15(2,3)4;1-13-6-8-14(9-7-13)12-5-3-2-4-11(12)10-15/h5-7,9,12H,8H2,1-4H3,(H,17,19);2-5,10H,6-9H2,1H3. The highest BCUT2D eigenvalue weighted by atomic mass is 35.5. The molecule has 3 rings (SSSR count). The van der Waals surface area contributed by atoms with Gasteiger partial charge in [0.1, 0.15) is 11.9 Å². The van der Waals surface area contributed by atoms with Gasteiger partial charge in [-0.1, -0.05) is 35.9 Å². The van der Waals surface area contributed by atoms with Gasteiger partial charge >= 0.3 is 6.09 Å². The third kappa shape index (κ3) is 9.70. The highest BCUT2D eigenvalue weighted by Crippen LogP contribution is 2.20. The molecule has 1 unspecified atom stereocenters. The smallest absolute Gasteiger partial charge is 0.408 e. The average Bonchev–Trinajstić information content (AvgIpc) is 2.80. The minimum Gasteiger partial charge on any atom is -0.444 e. The number of benzene rings is 2. The van der Waals surface area contributed by atoms with Gasteiger partial charge in [0.05, 0.1) is 6.04 Å². The molecule has 190 valence electrons. The van der Waals surface area contributed by atoms with Gasteiger partial charge < -0.3 is 24.6 Å². The number of para-hydroxylation sites is 1. The first-order valence-corrected chi connectivity index (χ1v) is 12.1. The molecule has 1 atom stereocenters. The Morgan fingerprint density at radius 1 is 1.11 bits per heavy atom. The van der Waals surface area contributed by atoms with E-state index in [-0.39, 0.29) is 0 Å². The summed E-state index contributed by atoms with van der Waals surface area (Å²) in [7, 11) is 2.13. The molecule has 1 saturated heterocycles. The van der Waals surface area contributed by atoms with E-state index in [0.717, 1.165) is 54.8 Å². The van der Waals surface area contributed by atoms with Gasteiger partial charge in [-0.05, 0) is 64.1 Å². The van der Waals surface area contributed by atoms with Crippen molar-refractivity contribution in [2.24, 2.45) is 0 Å². The van der Waals surface area contributed by atoms with Crippen LogP contribution in [-0.4, -0.2) is 68.4 Å². The Bertz CT molecular complexity index is 998. The summed E-state index contributed by atoms with van der Waals surface area (Å²) < 4.78 is 5.12. The van der Waals surface area contributed by atoms with E-state index in [0.29, 0.717) is 17.7 Å². The summed E-state index contributed by atoms with van der Waals surface area (Å²) in [4.78, 5) is 38.2. The van der Waals surface area contributed by atoms with Crippen LogP contribution in [0.2, 0.25) is 5.02 Å². The highest BCUT2D eigenvalue weighted by molar-refractivity contribution is 6.31. The molecule has 2 aromatic carbocycles. The minimum atomic E-state index is -0.662. The van der Waals surface area contributed by atoms with Crippen molar-refractivity contribution in [1.29, 1.82) is 0 Å². The molecule has 0 saturated carbocycles. The minimum absolute atomic E-state index is 0.335. The molecule has 0 bridgehead atoms. The number of aldehydes is 2. The van der Waals surface area contributed by atoms with Gasteiger partial charge in [0, 0.05) is 48.9 Å².